The van der Waals surface area contributed by atoms with Gasteiger partial charge in [0, 0.05) is 6.04 Å². The Morgan fingerprint density at radius 2 is 1.67 bits per heavy atom. The molecule has 4 nitrogen and oxygen atoms in total. The average molecular weight is 309 g/mol. The van der Waals surface area contributed by atoms with Gasteiger partial charge in [0.1, 0.15) is 5.82 Å². The van der Waals surface area contributed by atoms with Gasteiger partial charge < -0.3 is 5.11 Å². The third-order valence-electron chi connectivity index (χ3n) is 2.99. The minimum absolute atomic E-state index is 0.0320. The number of aliphatic hydroxyl groups excluding tert-OH is 1. The molecule has 2 N–H and O–H groups in total. The van der Waals surface area contributed by atoms with E-state index in [1.165, 1.54) is 12.1 Å². The van der Waals surface area contributed by atoms with Crippen LogP contribution < -0.4 is 4.72 Å². The molecule has 2 aromatic carbocycles. The van der Waals surface area contributed by atoms with Gasteiger partial charge in [-0.2, -0.15) is 0 Å². The fourth-order valence-electron chi connectivity index (χ4n) is 1.94. The molecule has 0 spiro atoms. The van der Waals surface area contributed by atoms with Crippen molar-refractivity contribution in [3.8, 4) is 0 Å². The van der Waals surface area contributed by atoms with Gasteiger partial charge in [-0.25, -0.2) is 17.5 Å². The van der Waals surface area contributed by atoms with Crippen molar-refractivity contribution in [2.75, 3.05) is 6.61 Å². The molecule has 1 atom stereocenters. The van der Waals surface area contributed by atoms with Crippen molar-refractivity contribution >= 4 is 10.0 Å². The number of sulfonamides is 1. The van der Waals surface area contributed by atoms with Crippen LogP contribution in [0.2, 0.25) is 0 Å². The monoisotopic (exact) mass is 309 g/mol. The maximum Gasteiger partial charge on any atom is 0.240 e. The van der Waals surface area contributed by atoms with E-state index in [1.807, 2.05) is 30.3 Å². The van der Waals surface area contributed by atoms with E-state index in [9.17, 15) is 17.9 Å². The molecule has 0 aliphatic heterocycles. The molecule has 0 amide bonds. The summed E-state index contributed by atoms with van der Waals surface area (Å²) in [5.74, 6) is -0.503. The van der Waals surface area contributed by atoms with Crippen LogP contribution in [0.3, 0.4) is 0 Å². The second-order valence-electron chi connectivity index (χ2n) is 4.64. The van der Waals surface area contributed by atoms with Gasteiger partial charge in [-0.15, -0.1) is 0 Å². The van der Waals surface area contributed by atoms with Crippen LogP contribution in [-0.2, 0) is 16.4 Å². The van der Waals surface area contributed by atoms with Crippen LogP contribution in [0.4, 0.5) is 4.39 Å². The molecule has 1 unspecified atom stereocenters. The van der Waals surface area contributed by atoms with Crippen LogP contribution in [0.15, 0.2) is 59.5 Å². The average Bonchev–Trinajstić information content (AvgIpc) is 2.48. The van der Waals surface area contributed by atoms with Gasteiger partial charge in [-0.1, -0.05) is 30.3 Å². The largest absolute Gasteiger partial charge is 0.395 e. The van der Waals surface area contributed by atoms with Crippen molar-refractivity contribution in [1.29, 1.82) is 0 Å². The highest BCUT2D eigenvalue weighted by molar-refractivity contribution is 7.89. The molecule has 0 aliphatic carbocycles. The topological polar surface area (TPSA) is 66.4 Å². The molecule has 0 fully saturated rings. The fourth-order valence-corrected chi connectivity index (χ4v) is 3.17. The minimum Gasteiger partial charge on any atom is -0.395 e. The molecule has 6 heteroatoms. The molecule has 0 heterocycles. The predicted molar refractivity (Wildman–Crippen MR) is 77.7 cm³/mol. The Labute approximate surface area is 123 Å². The lowest BCUT2D eigenvalue weighted by Crippen LogP contribution is -2.39. The molecular formula is C15H16FNO3S. The fraction of sp³-hybridized carbons (Fsp3) is 0.200. The summed E-state index contributed by atoms with van der Waals surface area (Å²) < 4.78 is 39.6. The molecule has 0 saturated heterocycles. The number of nitrogens with one attached hydrogen (secondary N) is 1. The lowest BCUT2D eigenvalue weighted by atomic mass is 10.1. The summed E-state index contributed by atoms with van der Waals surface area (Å²) in [7, 11) is -3.79. The van der Waals surface area contributed by atoms with Gasteiger partial charge >= 0.3 is 0 Å². The standard InChI is InChI=1S/C15H16FNO3S/c16-13-6-8-15(9-7-13)21(19,20)17-14(11-18)10-12-4-2-1-3-5-12/h1-9,14,17-18H,10-11H2. The number of hydrogen-bond donors (Lipinski definition) is 2. The minimum atomic E-state index is -3.79. The summed E-state index contributed by atoms with van der Waals surface area (Å²) >= 11 is 0. The first-order valence-corrected chi connectivity index (χ1v) is 7.92. The second kappa shape index (κ2) is 6.80. The molecule has 0 bridgehead atoms. The van der Waals surface area contributed by atoms with Crippen molar-refractivity contribution in [3.05, 3.63) is 66.0 Å². The van der Waals surface area contributed by atoms with E-state index in [2.05, 4.69) is 4.72 Å². The zero-order valence-corrected chi connectivity index (χ0v) is 12.1. The molecule has 0 aliphatic rings. The smallest absolute Gasteiger partial charge is 0.240 e. The van der Waals surface area contributed by atoms with Crippen LogP contribution in [0.5, 0.6) is 0 Å². The normalized spacial score (nSPS) is 13.0. The summed E-state index contributed by atoms with van der Waals surface area (Å²) in [5.41, 5.74) is 0.915. The highest BCUT2D eigenvalue weighted by Gasteiger charge is 2.19. The van der Waals surface area contributed by atoms with E-state index in [1.54, 1.807) is 0 Å². The SMILES string of the molecule is O=S(=O)(NC(CO)Cc1ccccc1)c1ccc(F)cc1. The lowest BCUT2D eigenvalue weighted by molar-refractivity contribution is 0.256. The molecule has 112 valence electrons. The predicted octanol–water partition coefficient (Wildman–Crippen LogP) is 1.71. The van der Waals surface area contributed by atoms with Crippen molar-refractivity contribution in [2.24, 2.45) is 0 Å². The van der Waals surface area contributed by atoms with Crippen molar-refractivity contribution in [3.63, 3.8) is 0 Å². The Balaban J connectivity index is 2.12. The first-order chi connectivity index (χ1) is 10.0. The number of hydrogen-bond acceptors (Lipinski definition) is 3. The zero-order chi connectivity index (χ0) is 15.3. The maximum atomic E-state index is 12.8. The summed E-state index contributed by atoms with van der Waals surface area (Å²) in [6.07, 6.45) is 0.373. The van der Waals surface area contributed by atoms with E-state index in [0.29, 0.717) is 6.42 Å². The van der Waals surface area contributed by atoms with Crippen molar-refractivity contribution in [2.45, 2.75) is 17.4 Å². The van der Waals surface area contributed by atoms with Crippen molar-refractivity contribution < 1.29 is 17.9 Å². The number of halogens is 1. The molecule has 0 radical (unpaired) electrons. The van der Waals surface area contributed by atoms with Gasteiger partial charge in [0.15, 0.2) is 0 Å². The van der Waals surface area contributed by atoms with Crippen LogP contribution in [-0.4, -0.2) is 26.2 Å². The van der Waals surface area contributed by atoms with Crippen LogP contribution >= 0.6 is 0 Å². The van der Waals surface area contributed by atoms with Crippen molar-refractivity contribution in [1.82, 2.24) is 4.72 Å². The quantitative estimate of drug-likeness (QED) is 0.853. The third-order valence-corrected chi connectivity index (χ3v) is 4.53. The van der Waals surface area contributed by atoms with Gasteiger partial charge in [0.2, 0.25) is 10.0 Å². The van der Waals surface area contributed by atoms with Crippen LogP contribution in [0.1, 0.15) is 5.56 Å². The molecule has 2 rings (SSSR count). The lowest BCUT2D eigenvalue weighted by Gasteiger charge is -2.16. The molecule has 2 aromatic rings. The first-order valence-electron chi connectivity index (χ1n) is 6.44. The number of aliphatic hydroxyl groups is 1. The molecule has 0 aromatic heterocycles. The first kappa shape index (κ1) is 15.6. The number of rotatable bonds is 6. The second-order valence-corrected chi connectivity index (χ2v) is 6.36. The van der Waals surface area contributed by atoms with E-state index < -0.39 is 21.9 Å². The summed E-state index contributed by atoms with van der Waals surface area (Å²) in [5, 5.41) is 9.35. The molecular weight excluding hydrogens is 293 g/mol. The van der Waals surface area contributed by atoms with E-state index in [-0.39, 0.29) is 11.5 Å². The highest BCUT2D eigenvalue weighted by Crippen LogP contribution is 2.11. The molecule has 0 saturated carbocycles. The van der Waals surface area contributed by atoms with E-state index in [4.69, 9.17) is 0 Å². The third kappa shape index (κ3) is 4.35. The van der Waals surface area contributed by atoms with Crippen LogP contribution in [0.25, 0.3) is 0 Å². The van der Waals surface area contributed by atoms with Crippen LogP contribution in [0, 0.1) is 5.82 Å². The zero-order valence-electron chi connectivity index (χ0n) is 11.2. The van der Waals surface area contributed by atoms with E-state index >= 15 is 0 Å². The van der Waals surface area contributed by atoms with Gasteiger partial charge in [0.25, 0.3) is 0 Å². The van der Waals surface area contributed by atoms with Gasteiger partial charge in [-0.3, -0.25) is 0 Å². The Bertz CT molecular complexity index is 672. The molecule has 21 heavy (non-hydrogen) atoms. The highest BCUT2D eigenvalue weighted by atomic mass is 32.2. The Hall–Kier alpha value is -1.76. The summed E-state index contributed by atoms with van der Waals surface area (Å²) in [4.78, 5) is -0.0320. The van der Waals surface area contributed by atoms with E-state index in [0.717, 1.165) is 17.7 Å². The van der Waals surface area contributed by atoms with Gasteiger partial charge in [0.05, 0.1) is 11.5 Å². The Morgan fingerprint density at radius 1 is 1.05 bits per heavy atom. The Kier molecular flexibility index (Phi) is 5.06. The summed E-state index contributed by atoms with van der Waals surface area (Å²) in [6.45, 7) is -0.324. The maximum absolute atomic E-state index is 12.8. The Morgan fingerprint density at radius 3 is 2.24 bits per heavy atom. The number of benzene rings is 2. The van der Waals surface area contributed by atoms with Gasteiger partial charge in [-0.05, 0) is 36.2 Å². The summed E-state index contributed by atoms with van der Waals surface area (Å²) in [6, 6.07) is 13.2.